The number of benzene rings is 2. The number of anilines is 1. The highest BCUT2D eigenvalue weighted by Gasteiger charge is 2.02. The van der Waals surface area contributed by atoms with Crippen molar-refractivity contribution in [3.05, 3.63) is 59.2 Å². The highest BCUT2D eigenvalue weighted by molar-refractivity contribution is 6.01. The summed E-state index contributed by atoms with van der Waals surface area (Å²) in [6.07, 6.45) is 0. The largest absolute Gasteiger partial charge is 0.326 e. The van der Waals surface area contributed by atoms with Crippen molar-refractivity contribution >= 4 is 23.0 Å². The van der Waals surface area contributed by atoms with E-state index in [1.165, 1.54) is 18.1 Å². The van der Waals surface area contributed by atoms with Gasteiger partial charge in [-0.3, -0.25) is 9.79 Å². The summed E-state index contributed by atoms with van der Waals surface area (Å²) in [4.78, 5) is 15.7. The number of hydrogen-bond acceptors (Lipinski definition) is 2. The normalized spacial score (nSPS) is 11.3. The Morgan fingerprint density at radius 1 is 1.00 bits per heavy atom. The van der Waals surface area contributed by atoms with E-state index in [1.807, 2.05) is 37.3 Å². The second-order valence-corrected chi connectivity index (χ2v) is 5.25. The lowest BCUT2D eigenvalue weighted by molar-refractivity contribution is -0.114. The molecule has 0 saturated heterocycles. The molecule has 3 heteroatoms. The predicted octanol–water partition coefficient (Wildman–Crippen LogP) is 4.40. The first-order chi connectivity index (χ1) is 9.95. The maximum atomic E-state index is 11.0. The second-order valence-electron chi connectivity index (χ2n) is 5.25. The Morgan fingerprint density at radius 2 is 1.67 bits per heavy atom. The minimum Gasteiger partial charge on any atom is -0.326 e. The fourth-order valence-corrected chi connectivity index (χ4v) is 2.17. The van der Waals surface area contributed by atoms with E-state index in [0.29, 0.717) is 0 Å². The quantitative estimate of drug-likeness (QED) is 0.832. The van der Waals surface area contributed by atoms with Crippen LogP contribution in [0.3, 0.4) is 0 Å². The molecule has 0 aliphatic heterocycles. The average Bonchev–Trinajstić information content (AvgIpc) is 2.42. The summed E-state index contributed by atoms with van der Waals surface area (Å²) in [5, 5.41) is 2.76. The van der Waals surface area contributed by atoms with Gasteiger partial charge in [-0.2, -0.15) is 0 Å². The SMILES string of the molecule is CC(=O)Nc1ccc(C(C)=Nc2ccc(C)cc2C)cc1. The first-order valence-electron chi connectivity index (χ1n) is 6.96. The summed E-state index contributed by atoms with van der Waals surface area (Å²) in [7, 11) is 0. The van der Waals surface area contributed by atoms with Crippen LogP contribution in [-0.2, 0) is 4.79 Å². The van der Waals surface area contributed by atoms with Gasteiger partial charge >= 0.3 is 0 Å². The molecular formula is C18H20N2O. The molecule has 0 fully saturated rings. The fourth-order valence-electron chi connectivity index (χ4n) is 2.17. The summed E-state index contributed by atoms with van der Waals surface area (Å²) >= 11 is 0. The van der Waals surface area contributed by atoms with Gasteiger partial charge in [-0.05, 0) is 50.1 Å². The second kappa shape index (κ2) is 6.35. The molecule has 0 aliphatic carbocycles. The summed E-state index contributed by atoms with van der Waals surface area (Å²) in [6.45, 7) is 7.64. The molecule has 1 N–H and O–H groups in total. The number of nitrogens with one attached hydrogen (secondary N) is 1. The topological polar surface area (TPSA) is 41.5 Å². The van der Waals surface area contributed by atoms with Gasteiger partial charge in [0.05, 0.1) is 5.69 Å². The number of aliphatic imine (C=N–C) groups is 1. The minimum absolute atomic E-state index is 0.0663. The third kappa shape index (κ3) is 4.02. The van der Waals surface area contributed by atoms with Gasteiger partial charge in [0, 0.05) is 18.3 Å². The highest BCUT2D eigenvalue weighted by Crippen LogP contribution is 2.21. The molecule has 0 heterocycles. The Kier molecular flexibility index (Phi) is 4.53. The molecule has 2 aromatic rings. The lowest BCUT2D eigenvalue weighted by Gasteiger charge is -2.06. The van der Waals surface area contributed by atoms with Gasteiger partial charge in [-0.25, -0.2) is 0 Å². The van der Waals surface area contributed by atoms with E-state index in [9.17, 15) is 4.79 Å². The van der Waals surface area contributed by atoms with Crippen LogP contribution in [-0.4, -0.2) is 11.6 Å². The van der Waals surface area contributed by atoms with Gasteiger partial charge in [0.15, 0.2) is 0 Å². The molecule has 0 aliphatic rings. The molecule has 3 nitrogen and oxygen atoms in total. The molecule has 21 heavy (non-hydrogen) atoms. The van der Waals surface area contributed by atoms with Crippen LogP contribution < -0.4 is 5.32 Å². The van der Waals surface area contributed by atoms with Crippen molar-refractivity contribution < 1.29 is 4.79 Å². The van der Waals surface area contributed by atoms with Crippen molar-refractivity contribution in [1.29, 1.82) is 0 Å². The van der Waals surface area contributed by atoms with Crippen molar-refractivity contribution in [3.63, 3.8) is 0 Å². The molecule has 0 bridgehead atoms. The first kappa shape index (κ1) is 15.0. The molecule has 0 unspecified atom stereocenters. The smallest absolute Gasteiger partial charge is 0.221 e. The zero-order valence-electron chi connectivity index (χ0n) is 12.9. The van der Waals surface area contributed by atoms with E-state index in [1.54, 1.807) is 0 Å². The van der Waals surface area contributed by atoms with Gasteiger partial charge < -0.3 is 5.32 Å². The van der Waals surface area contributed by atoms with Gasteiger partial charge in [-0.15, -0.1) is 0 Å². The van der Waals surface area contributed by atoms with Crippen LogP contribution in [0.4, 0.5) is 11.4 Å². The summed E-state index contributed by atoms with van der Waals surface area (Å²) in [5.74, 6) is -0.0663. The van der Waals surface area contributed by atoms with Crippen LogP contribution in [0, 0.1) is 13.8 Å². The fraction of sp³-hybridized carbons (Fsp3) is 0.222. The lowest BCUT2D eigenvalue weighted by Crippen LogP contribution is -2.05. The molecular weight excluding hydrogens is 260 g/mol. The molecule has 0 aromatic heterocycles. The maximum absolute atomic E-state index is 11.0. The third-order valence-corrected chi connectivity index (χ3v) is 3.26. The van der Waals surface area contributed by atoms with E-state index in [0.717, 1.165) is 22.6 Å². The van der Waals surface area contributed by atoms with Gasteiger partial charge in [-0.1, -0.05) is 29.8 Å². The minimum atomic E-state index is -0.0663. The van der Waals surface area contributed by atoms with Crippen molar-refractivity contribution in [3.8, 4) is 0 Å². The number of rotatable bonds is 3. The van der Waals surface area contributed by atoms with Crippen LogP contribution in [0.15, 0.2) is 47.5 Å². The highest BCUT2D eigenvalue weighted by atomic mass is 16.1. The molecule has 2 aromatic carbocycles. The van der Waals surface area contributed by atoms with Crippen LogP contribution in [0.5, 0.6) is 0 Å². The zero-order chi connectivity index (χ0) is 15.4. The van der Waals surface area contributed by atoms with Crippen molar-refractivity contribution in [2.75, 3.05) is 5.32 Å². The Hall–Kier alpha value is -2.42. The first-order valence-corrected chi connectivity index (χ1v) is 6.96. The Bertz CT molecular complexity index is 685. The maximum Gasteiger partial charge on any atom is 0.221 e. The molecule has 0 saturated carbocycles. The summed E-state index contributed by atoms with van der Waals surface area (Å²) in [6, 6.07) is 13.9. The summed E-state index contributed by atoms with van der Waals surface area (Å²) < 4.78 is 0. The number of carbonyl (C=O) groups excluding carboxylic acids is 1. The van der Waals surface area contributed by atoms with E-state index in [4.69, 9.17) is 0 Å². The molecule has 2 rings (SSSR count). The van der Waals surface area contributed by atoms with E-state index in [2.05, 4.69) is 36.3 Å². The molecule has 1 amide bonds. The van der Waals surface area contributed by atoms with E-state index < -0.39 is 0 Å². The molecule has 0 radical (unpaired) electrons. The average molecular weight is 280 g/mol. The Labute approximate surface area is 125 Å². The van der Waals surface area contributed by atoms with Crippen molar-refractivity contribution in [2.45, 2.75) is 27.7 Å². The van der Waals surface area contributed by atoms with Crippen LogP contribution in [0.25, 0.3) is 0 Å². The summed E-state index contributed by atoms with van der Waals surface area (Å²) in [5.41, 5.74) is 6.20. The monoisotopic (exact) mass is 280 g/mol. The molecule has 0 spiro atoms. The van der Waals surface area contributed by atoms with Crippen molar-refractivity contribution in [1.82, 2.24) is 0 Å². The number of carbonyl (C=O) groups is 1. The molecule has 0 atom stereocenters. The number of nitrogens with zero attached hydrogens (tertiary/aromatic N) is 1. The number of amides is 1. The zero-order valence-corrected chi connectivity index (χ0v) is 12.9. The number of hydrogen-bond donors (Lipinski definition) is 1. The lowest BCUT2D eigenvalue weighted by atomic mass is 10.1. The Morgan fingerprint density at radius 3 is 2.24 bits per heavy atom. The van der Waals surface area contributed by atoms with E-state index >= 15 is 0 Å². The standard InChI is InChI=1S/C18H20N2O/c1-12-5-10-18(13(2)11-12)19-14(3)16-6-8-17(9-7-16)20-15(4)21/h5-11H,1-4H3,(H,20,21). The molecule has 108 valence electrons. The predicted molar refractivity (Wildman–Crippen MR) is 88.5 cm³/mol. The Balaban J connectivity index is 2.24. The third-order valence-electron chi connectivity index (χ3n) is 3.26. The van der Waals surface area contributed by atoms with E-state index in [-0.39, 0.29) is 5.91 Å². The van der Waals surface area contributed by atoms with Crippen LogP contribution in [0.2, 0.25) is 0 Å². The van der Waals surface area contributed by atoms with Crippen molar-refractivity contribution in [2.24, 2.45) is 4.99 Å². The van der Waals surface area contributed by atoms with Crippen LogP contribution >= 0.6 is 0 Å². The number of aryl methyl sites for hydroxylation is 2. The van der Waals surface area contributed by atoms with Gasteiger partial charge in [0.25, 0.3) is 0 Å². The van der Waals surface area contributed by atoms with Gasteiger partial charge in [0.1, 0.15) is 0 Å². The van der Waals surface area contributed by atoms with Crippen LogP contribution in [0.1, 0.15) is 30.5 Å². The van der Waals surface area contributed by atoms with Gasteiger partial charge in [0.2, 0.25) is 5.91 Å².